The average Bonchev–Trinajstić information content (AvgIpc) is 2.61. The first-order valence-corrected chi connectivity index (χ1v) is 5.25. The highest BCUT2D eigenvalue weighted by atomic mass is 35.5. The fraction of sp³-hybridized carbons (Fsp3) is 0.167. The van der Waals surface area contributed by atoms with Crippen LogP contribution in [0.25, 0.3) is 11.1 Å². The lowest BCUT2D eigenvalue weighted by Gasteiger charge is -2.03. The van der Waals surface area contributed by atoms with Gasteiger partial charge in [-0.05, 0) is 24.6 Å². The van der Waals surface area contributed by atoms with Gasteiger partial charge in [0.05, 0.1) is 11.2 Å². The average molecular weight is 235 g/mol. The predicted octanol–water partition coefficient (Wildman–Crippen LogP) is 2.86. The number of halogens is 1. The zero-order valence-corrected chi connectivity index (χ0v) is 9.82. The summed E-state index contributed by atoms with van der Waals surface area (Å²) in [6, 6.07) is 5.39. The molecule has 0 saturated heterocycles. The lowest BCUT2D eigenvalue weighted by Crippen LogP contribution is -1.92. The first kappa shape index (κ1) is 10.9. The van der Waals surface area contributed by atoms with Gasteiger partial charge in [-0.15, -0.1) is 0 Å². The molecule has 1 aromatic heterocycles. The van der Waals surface area contributed by atoms with Gasteiger partial charge in [-0.1, -0.05) is 17.7 Å². The van der Waals surface area contributed by atoms with Gasteiger partial charge in [0.25, 0.3) is 0 Å². The zero-order chi connectivity index (χ0) is 11.7. The van der Waals surface area contributed by atoms with Crippen molar-refractivity contribution in [3.63, 3.8) is 0 Å². The Hall–Kier alpha value is -1.61. The van der Waals surface area contributed by atoms with Crippen LogP contribution >= 0.6 is 11.6 Å². The van der Waals surface area contributed by atoms with Crippen LogP contribution in [0.5, 0.6) is 0 Å². The van der Waals surface area contributed by atoms with E-state index in [4.69, 9.17) is 11.6 Å². The molecule has 0 aliphatic carbocycles. The number of nitrogens with zero attached hydrogens (tertiary/aromatic N) is 2. The molecule has 16 heavy (non-hydrogen) atoms. The van der Waals surface area contributed by atoms with Crippen molar-refractivity contribution >= 4 is 17.9 Å². The van der Waals surface area contributed by atoms with Gasteiger partial charge in [-0.3, -0.25) is 9.48 Å². The first-order valence-electron chi connectivity index (χ1n) is 4.87. The van der Waals surface area contributed by atoms with Gasteiger partial charge in [-0.2, -0.15) is 5.10 Å². The molecule has 2 aromatic rings. The van der Waals surface area contributed by atoms with Crippen LogP contribution in [-0.2, 0) is 7.05 Å². The third-order valence-electron chi connectivity index (χ3n) is 2.67. The summed E-state index contributed by atoms with van der Waals surface area (Å²) in [6.07, 6.45) is 2.55. The van der Waals surface area contributed by atoms with Crippen LogP contribution in [0.2, 0.25) is 5.02 Å². The summed E-state index contributed by atoms with van der Waals surface area (Å²) < 4.78 is 1.80. The molecule has 0 atom stereocenters. The van der Waals surface area contributed by atoms with E-state index in [9.17, 15) is 4.79 Å². The smallest absolute Gasteiger partial charge is 0.151 e. The van der Waals surface area contributed by atoms with Crippen LogP contribution in [0.15, 0.2) is 24.4 Å². The monoisotopic (exact) mass is 234 g/mol. The molecular formula is C12H11ClN2O. The highest BCUT2D eigenvalue weighted by Gasteiger charge is 2.08. The molecule has 0 bridgehead atoms. The molecule has 0 fully saturated rings. The van der Waals surface area contributed by atoms with Gasteiger partial charge in [0.1, 0.15) is 0 Å². The largest absolute Gasteiger partial charge is 0.298 e. The third kappa shape index (κ3) is 1.74. The maximum absolute atomic E-state index is 10.8. The Labute approximate surface area is 98.7 Å². The Morgan fingerprint density at radius 2 is 2.19 bits per heavy atom. The van der Waals surface area contributed by atoms with E-state index in [1.807, 2.05) is 20.0 Å². The second-order valence-electron chi connectivity index (χ2n) is 3.62. The molecule has 0 amide bonds. The molecule has 2 rings (SSSR count). The number of benzene rings is 1. The Bertz CT molecular complexity index is 546. The summed E-state index contributed by atoms with van der Waals surface area (Å²) in [7, 11) is 1.88. The molecule has 3 nitrogen and oxygen atoms in total. The standard InChI is InChI=1S/C12H11ClN2O/c1-8-11(6-14-15(8)2)9-3-4-12(13)10(5-9)7-16/h3-7H,1-2H3. The summed E-state index contributed by atoms with van der Waals surface area (Å²) in [5, 5.41) is 4.64. The molecule has 0 unspecified atom stereocenters. The summed E-state index contributed by atoms with van der Waals surface area (Å²) in [4.78, 5) is 10.8. The van der Waals surface area contributed by atoms with E-state index in [1.54, 1.807) is 23.0 Å². The second kappa shape index (κ2) is 4.10. The van der Waals surface area contributed by atoms with Crippen molar-refractivity contribution in [3.8, 4) is 11.1 Å². The molecule has 82 valence electrons. The summed E-state index contributed by atoms with van der Waals surface area (Å²) in [6.45, 7) is 1.98. The van der Waals surface area contributed by atoms with E-state index in [0.717, 1.165) is 23.1 Å². The number of aryl methyl sites for hydroxylation is 1. The highest BCUT2D eigenvalue weighted by molar-refractivity contribution is 6.33. The molecular weight excluding hydrogens is 224 g/mol. The maximum atomic E-state index is 10.8. The summed E-state index contributed by atoms with van der Waals surface area (Å²) in [5.41, 5.74) is 3.53. The van der Waals surface area contributed by atoms with Gasteiger partial charge in [0.15, 0.2) is 6.29 Å². The lowest BCUT2D eigenvalue weighted by molar-refractivity contribution is 0.112. The minimum Gasteiger partial charge on any atom is -0.298 e. The van der Waals surface area contributed by atoms with Crippen molar-refractivity contribution in [1.82, 2.24) is 9.78 Å². The van der Waals surface area contributed by atoms with Gasteiger partial charge in [0, 0.05) is 23.9 Å². The number of aldehydes is 1. The van der Waals surface area contributed by atoms with Crippen LogP contribution in [0.1, 0.15) is 16.1 Å². The SMILES string of the molecule is Cc1c(-c2ccc(Cl)c(C=O)c2)cnn1C. The molecule has 0 spiro atoms. The molecule has 4 heteroatoms. The lowest BCUT2D eigenvalue weighted by atomic mass is 10.0. The molecule has 1 heterocycles. The first-order chi connectivity index (χ1) is 7.63. The van der Waals surface area contributed by atoms with Crippen LogP contribution in [0, 0.1) is 6.92 Å². The quantitative estimate of drug-likeness (QED) is 0.749. The summed E-state index contributed by atoms with van der Waals surface area (Å²) >= 11 is 5.88. The molecule has 1 aromatic carbocycles. The minimum atomic E-state index is 0.472. The van der Waals surface area contributed by atoms with Gasteiger partial charge in [-0.25, -0.2) is 0 Å². The fourth-order valence-electron chi connectivity index (χ4n) is 1.58. The van der Waals surface area contributed by atoms with Crippen LogP contribution < -0.4 is 0 Å². The Morgan fingerprint density at radius 3 is 2.75 bits per heavy atom. The van der Waals surface area contributed by atoms with Crippen LogP contribution in [0.3, 0.4) is 0 Å². The van der Waals surface area contributed by atoms with Crippen LogP contribution in [0.4, 0.5) is 0 Å². The van der Waals surface area contributed by atoms with E-state index in [0.29, 0.717) is 10.6 Å². The van der Waals surface area contributed by atoms with E-state index >= 15 is 0 Å². The highest BCUT2D eigenvalue weighted by Crippen LogP contribution is 2.26. The molecule has 0 saturated carbocycles. The zero-order valence-electron chi connectivity index (χ0n) is 9.07. The van der Waals surface area contributed by atoms with Crippen molar-refractivity contribution in [2.75, 3.05) is 0 Å². The maximum Gasteiger partial charge on any atom is 0.151 e. The fourth-order valence-corrected chi connectivity index (χ4v) is 1.75. The van der Waals surface area contributed by atoms with Crippen molar-refractivity contribution < 1.29 is 4.79 Å². The Kier molecular flexibility index (Phi) is 2.79. The Balaban J connectivity index is 2.57. The number of carbonyl (C=O) groups is 1. The van der Waals surface area contributed by atoms with Gasteiger partial charge < -0.3 is 0 Å². The van der Waals surface area contributed by atoms with E-state index < -0.39 is 0 Å². The number of rotatable bonds is 2. The van der Waals surface area contributed by atoms with E-state index in [1.165, 1.54) is 0 Å². The number of hydrogen-bond donors (Lipinski definition) is 0. The van der Waals surface area contributed by atoms with E-state index in [2.05, 4.69) is 5.10 Å². The molecule has 0 N–H and O–H groups in total. The normalized spacial score (nSPS) is 10.4. The topological polar surface area (TPSA) is 34.9 Å². The second-order valence-corrected chi connectivity index (χ2v) is 4.03. The summed E-state index contributed by atoms with van der Waals surface area (Å²) in [5.74, 6) is 0. The third-order valence-corrected chi connectivity index (χ3v) is 3.01. The molecule has 0 aliphatic rings. The van der Waals surface area contributed by atoms with E-state index in [-0.39, 0.29) is 0 Å². The predicted molar refractivity (Wildman–Crippen MR) is 63.8 cm³/mol. The number of aromatic nitrogens is 2. The van der Waals surface area contributed by atoms with Crippen molar-refractivity contribution in [2.24, 2.45) is 7.05 Å². The van der Waals surface area contributed by atoms with Crippen molar-refractivity contribution in [2.45, 2.75) is 6.92 Å². The van der Waals surface area contributed by atoms with Gasteiger partial charge in [0.2, 0.25) is 0 Å². The minimum absolute atomic E-state index is 0.472. The Morgan fingerprint density at radius 1 is 1.44 bits per heavy atom. The van der Waals surface area contributed by atoms with Crippen molar-refractivity contribution in [3.05, 3.63) is 40.7 Å². The van der Waals surface area contributed by atoms with Crippen molar-refractivity contribution in [1.29, 1.82) is 0 Å². The molecule has 0 aliphatic heterocycles. The van der Waals surface area contributed by atoms with Crippen LogP contribution in [-0.4, -0.2) is 16.1 Å². The van der Waals surface area contributed by atoms with Gasteiger partial charge >= 0.3 is 0 Å². The number of carbonyl (C=O) groups excluding carboxylic acids is 1. The molecule has 0 radical (unpaired) electrons. The number of hydrogen-bond acceptors (Lipinski definition) is 2.